The van der Waals surface area contributed by atoms with E-state index in [1.165, 1.54) is 19.2 Å². The molecule has 7 heteroatoms. The Hall–Kier alpha value is -3.45. The van der Waals surface area contributed by atoms with Crippen molar-refractivity contribution in [3.63, 3.8) is 0 Å². The van der Waals surface area contributed by atoms with Gasteiger partial charge in [-0.25, -0.2) is 12.8 Å². The number of carbonyl (C=O) groups excluding carboxylic acids is 1. The van der Waals surface area contributed by atoms with E-state index < -0.39 is 22.0 Å². The first-order valence-electron chi connectivity index (χ1n) is 9.75. The molecule has 158 valence electrons. The zero-order chi connectivity index (χ0) is 22.2. The highest BCUT2D eigenvalue weighted by Gasteiger charge is 2.39. The van der Waals surface area contributed by atoms with Gasteiger partial charge in [-0.05, 0) is 36.2 Å². The van der Waals surface area contributed by atoms with E-state index in [1.807, 2.05) is 12.1 Å². The van der Waals surface area contributed by atoms with Crippen LogP contribution in [0, 0.1) is 5.82 Å². The maximum absolute atomic E-state index is 13.4. The summed E-state index contributed by atoms with van der Waals surface area (Å²) in [4.78, 5) is 13.0. The standard InChI is InChI=1S/C24H21FN2O3S/c1-16(17-12-14-19(25)15-13-17)26-24(28)23-22(18-8-4-3-5-9-18)20-10-6-7-11-21(20)27(2)31(23,29)30/h3-16H,1-2H3,(H,26,28)/t16-/m0/s1. The zero-order valence-electron chi connectivity index (χ0n) is 17.0. The molecular weight excluding hydrogens is 415 g/mol. The van der Waals surface area contributed by atoms with Crippen molar-refractivity contribution in [2.45, 2.75) is 13.0 Å². The minimum atomic E-state index is -4.11. The maximum Gasteiger partial charge on any atom is 0.270 e. The van der Waals surface area contributed by atoms with Crippen LogP contribution in [-0.4, -0.2) is 21.4 Å². The third-order valence-electron chi connectivity index (χ3n) is 5.34. The molecule has 4 rings (SSSR count). The average Bonchev–Trinajstić information content (AvgIpc) is 2.77. The van der Waals surface area contributed by atoms with E-state index in [2.05, 4.69) is 5.32 Å². The zero-order valence-corrected chi connectivity index (χ0v) is 17.9. The van der Waals surface area contributed by atoms with Crippen LogP contribution in [0.2, 0.25) is 0 Å². The van der Waals surface area contributed by atoms with Gasteiger partial charge in [-0.15, -0.1) is 0 Å². The van der Waals surface area contributed by atoms with Gasteiger partial charge in [-0.1, -0.05) is 60.7 Å². The van der Waals surface area contributed by atoms with Crippen LogP contribution >= 0.6 is 0 Å². The number of halogens is 1. The topological polar surface area (TPSA) is 66.5 Å². The van der Waals surface area contributed by atoms with Crippen molar-refractivity contribution < 1.29 is 17.6 Å². The highest BCUT2D eigenvalue weighted by Crippen LogP contribution is 2.42. The van der Waals surface area contributed by atoms with Gasteiger partial charge in [-0.3, -0.25) is 9.10 Å². The van der Waals surface area contributed by atoms with Crippen LogP contribution in [0.25, 0.3) is 5.57 Å². The molecule has 1 heterocycles. The summed E-state index contributed by atoms with van der Waals surface area (Å²) in [6.45, 7) is 1.72. The summed E-state index contributed by atoms with van der Waals surface area (Å²) in [5.41, 5.74) is 2.82. The summed E-state index contributed by atoms with van der Waals surface area (Å²) in [5.74, 6) is -1.10. The molecule has 0 bridgehead atoms. The van der Waals surface area contributed by atoms with Crippen LogP contribution in [0.5, 0.6) is 0 Å². The largest absolute Gasteiger partial charge is 0.345 e. The van der Waals surface area contributed by atoms with Crippen molar-refractivity contribution >= 4 is 27.2 Å². The third kappa shape index (κ3) is 3.72. The minimum Gasteiger partial charge on any atom is -0.345 e. The smallest absolute Gasteiger partial charge is 0.270 e. The van der Waals surface area contributed by atoms with E-state index >= 15 is 0 Å². The quantitative estimate of drug-likeness (QED) is 0.665. The Morgan fingerprint density at radius 1 is 0.935 bits per heavy atom. The molecule has 0 radical (unpaired) electrons. The van der Waals surface area contributed by atoms with E-state index in [0.717, 1.165) is 4.31 Å². The number of hydrogen-bond donors (Lipinski definition) is 1. The van der Waals surface area contributed by atoms with Crippen molar-refractivity contribution in [2.75, 3.05) is 11.4 Å². The lowest BCUT2D eigenvalue weighted by Crippen LogP contribution is -2.40. The van der Waals surface area contributed by atoms with Crippen molar-refractivity contribution in [3.8, 4) is 0 Å². The van der Waals surface area contributed by atoms with Gasteiger partial charge in [0.25, 0.3) is 15.9 Å². The first-order chi connectivity index (χ1) is 14.8. The number of fused-ring (bicyclic) bond motifs is 1. The van der Waals surface area contributed by atoms with Crippen molar-refractivity contribution in [2.24, 2.45) is 0 Å². The summed E-state index contributed by atoms with van der Waals surface area (Å²) in [6, 6.07) is 21.3. The maximum atomic E-state index is 13.4. The molecule has 31 heavy (non-hydrogen) atoms. The molecule has 0 saturated heterocycles. The Labute approximate surface area is 180 Å². The number of para-hydroxylation sites is 1. The fraction of sp³-hybridized carbons (Fsp3) is 0.125. The van der Waals surface area contributed by atoms with Gasteiger partial charge >= 0.3 is 0 Å². The Morgan fingerprint density at radius 2 is 1.55 bits per heavy atom. The Bertz CT molecular complexity index is 1270. The average molecular weight is 437 g/mol. The number of nitrogens with one attached hydrogen (secondary N) is 1. The summed E-state index contributed by atoms with van der Waals surface area (Å²) in [7, 11) is -2.67. The Kier molecular flexibility index (Phi) is 5.37. The fourth-order valence-corrected chi connectivity index (χ4v) is 5.17. The van der Waals surface area contributed by atoms with E-state index in [9.17, 15) is 17.6 Å². The lowest BCUT2D eigenvalue weighted by molar-refractivity contribution is -0.117. The number of amides is 1. The second-order valence-corrected chi connectivity index (χ2v) is 9.21. The molecule has 0 spiro atoms. The molecule has 5 nitrogen and oxygen atoms in total. The number of nitrogens with zero attached hydrogens (tertiary/aromatic N) is 1. The van der Waals surface area contributed by atoms with Crippen LogP contribution in [0.1, 0.15) is 29.7 Å². The van der Waals surface area contributed by atoms with Gasteiger partial charge in [0.05, 0.1) is 11.7 Å². The fourth-order valence-electron chi connectivity index (χ4n) is 3.70. The summed E-state index contributed by atoms with van der Waals surface area (Å²) in [6.07, 6.45) is 0. The monoisotopic (exact) mass is 436 g/mol. The number of hydrogen-bond acceptors (Lipinski definition) is 3. The lowest BCUT2D eigenvalue weighted by Gasteiger charge is -2.31. The molecule has 0 saturated carbocycles. The van der Waals surface area contributed by atoms with Crippen LogP contribution in [-0.2, 0) is 14.8 Å². The van der Waals surface area contributed by atoms with Gasteiger partial charge in [-0.2, -0.15) is 0 Å². The molecule has 1 aliphatic heterocycles. The SMILES string of the molecule is C[C@H](NC(=O)C1=C(c2ccccc2)c2ccccc2N(C)S1(=O)=O)c1ccc(F)cc1. The number of carbonyl (C=O) groups is 1. The molecule has 0 aliphatic carbocycles. The molecule has 1 atom stereocenters. The molecular formula is C24H21FN2O3S. The van der Waals surface area contributed by atoms with Gasteiger partial charge in [0.15, 0.2) is 4.91 Å². The summed E-state index contributed by atoms with van der Waals surface area (Å²) in [5, 5.41) is 2.77. The van der Waals surface area contributed by atoms with Crippen molar-refractivity contribution in [1.29, 1.82) is 0 Å². The molecule has 3 aromatic carbocycles. The van der Waals surface area contributed by atoms with Crippen molar-refractivity contribution in [1.82, 2.24) is 5.32 Å². The minimum absolute atomic E-state index is 0.311. The lowest BCUT2D eigenvalue weighted by atomic mass is 9.95. The summed E-state index contributed by atoms with van der Waals surface area (Å²) < 4.78 is 41.2. The summed E-state index contributed by atoms with van der Waals surface area (Å²) >= 11 is 0. The van der Waals surface area contributed by atoms with Crippen molar-refractivity contribution in [3.05, 3.63) is 106 Å². The number of anilines is 1. The molecule has 1 aliphatic rings. The number of rotatable bonds is 4. The Morgan fingerprint density at radius 3 is 2.23 bits per heavy atom. The van der Waals surface area contributed by atoms with Crippen LogP contribution < -0.4 is 9.62 Å². The van der Waals surface area contributed by atoms with Gasteiger partial charge in [0.1, 0.15) is 5.82 Å². The molecule has 1 N–H and O–H groups in total. The van der Waals surface area contributed by atoms with E-state index in [-0.39, 0.29) is 10.7 Å². The molecule has 1 amide bonds. The third-order valence-corrected chi connectivity index (χ3v) is 7.17. The highest BCUT2D eigenvalue weighted by atomic mass is 32.2. The second-order valence-electron chi connectivity index (χ2n) is 7.31. The molecule has 0 aromatic heterocycles. The normalized spacial score (nSPS) is 15.9. The van der Waals surface area contributed by atoms with E-state index in [4.69, 9.17) is 0 Å². The molecule has 0 fully saturated rings. The first kappa shape index (κ1) is 20.8. The van der Waals surface area contributed by atoms with E-state index in [0.29, 0.717) is 28.0 Å². The number of benzene rings is 3. The molecule has 0 unspecified atom stereocenters. The Balaban J connectivity index is 1.87. The van der Waals surface area contributed by atoms with Crippen LogP contribution in [0.4, 0.5) is 10.1 Å². The van der Waals surface area contributed by atoms with Crippen LogP contribution in [0.15, 0.2) is 83.8 Å². The first-order valence-corrected chi connectivity index (χ1v) is 11.2. The predicted molar refractivity (Wildman–Crippen MR) is 119 cm³/mol. The van der Waals surface area contributed by atoms with Gasteiger partial charge < -0.3 is 5.32 Å². The highest BCUT2D eigenvalue weighted by molar-refractivity contribution is 7.97. The second kappa shape index (κ2) is 8.00. The van der Waals surface area contributed by atoms with E-state index in [1.54, 1.807) is 61.5 Å². The van der Waals surface area contributed by atoms with Gasteiger partial charge in [0.2, 0.25) is 0 Å². The molecule has 3 aromatic rings. The predicted octanol–water partition coefficient (Wildman–Crippen LogP) is 4.24. The van der Waals surface area contributed by atoms with Gasteiger partial charge in [0, 0.05) is 18.2 Å². The van der Waals surface area contributed by atoms with Crippen LogP contribution in [0.3, 0.4) is 0 Å². The number of sulfonamides is 1.